The standard InChI is InChI=1S/C19H23ClF3N3O2S/c1-2-24-18(26-10-15(27)16-7-8-17(20)29-16)25-9-13-3-5-14(6-4-13)11-28-12-19(21,22)23/h3-8,15,27H,2,9-12H2,1H3,(H2,24,25,26). The number of hydrogen-bond donors (Lipinski definition) is 3. The summed E-state index contributed by atoms with van der Waals surface area (Å²) in [7, 11) is 0. The minimum absolute atomic E-state index is 0.0993. The van der Waals surface area contributed by atoms with E-state index < -0.39 is 18.9 Å². The maximum absolute atomic E-state index is 12.1. The highest BCUT2D eigenvalue weighted by molar-refractivity contribution is 7.16. The van der Waals surface area contributed by atoms with Crippen LogP contribution in [0.2, 0.25) is 4.34 Å². The van der Waals surface area contributed by atoms with Crippen LogP contribution in [0.25, 0.3) is 0 Å². The van der Waals surface area contributed by atoms with Crippen molar-refractivity contribution in [1.82, 2.24) is 10.6 Å². The van der Waals surface area contributed by atoms with Gasteiger partial charge in [-0.1, -0.05) is 35.9 Å². The van der Waals surface area contributed by atoms with Gasteiger partial charge in [0.15, 0.2) is 5.96 Å². The number of ether oxygens (including phenoxy) is 1. The molecule has 2 rings (SSSR count). The van der Waals surface area contributed by atoms with Gasteiger partial charge in [0.25, 0.3) is 0 Å². The van der Waals surface area contributed by atoms with Crippen molar-refractivity contribution in [3.8, 4) is 0 Å². The minimum Gasteiger partial charge on any atom is -0.386 e. The van der Waals surface area contributed by atoms with Crippen LogP contribution in [0.5, 0.6) is 0 Å². The molecule has 1 heterocycles. The molecule has 10 heteroatoms. The average molecular weight is 450 g/mol. The fourth-order valence-electron chi connectivity index (χ4n) is 2.34. The van der Waals surface area contributed by atoms with Crippen molar-refractivity contribution in [2.45, 2.75) is 32.4 Å². The zero-order valence-electron chi connectivity index (χ0n) is 15.8. The highest BCUT2D eigenvalue weighted by Gasteiger charge is 2.27. The van der Waals surface area contributed by atoms with Crippen LogP contribution in [0.3, 0.4) is 0 Å². The van der Waals surface area contributed by atoms with Gasteiger partial charge in [-0.3, -0.25) is 0 Å². The first-order valence-electron chi connectivity index (χ1n) is 8.94. The number of guanidine groups is 1. The van der Waals surface area contributed by atoms with Crippen LogP contribution < -0.4 is 10.6 Å². The van der Waals surface area contributed by atoms with Gasteiger partial charge in [-0.2, -0.15) is 13.2 Å². The zero-order chi connectivity index (χ0) is 21.3. The van der Waals surface area contributed by atoms with Crippen molar-refractivity contribution in [1.29, 1.82) is 0 Å². The number of nitrogens with one attached hydrogen (secondary N) is 2. The largest absolute Gasteiger partial charge is 0.411 e. The Morgan fingerprint density at radius 1 is 1.17 bits per heavy atom. The molecule has 0 saturated carbocycles. The maximum atomic E-state index is 12.1. The van der Waals surface area contributed by atoms with Gasteiger partial charge in [-0.25, -0.2) is 4.99 Å². The molecule has 5 nitrogen and oxygen atoms in total. The fourth-order valence-corrected chi connectivity index (χ4v) is 3.39. The summed E-state index contributed by atoms with van der Waals surface area (Å²) in [6.07, 6.45) is -5.03. The number of nitrogens with zero attached hydrogens (tertiary/aromatic N) is 1. The van der Waals surface area contributed by atoms with Crippen LogP contribution in [0, 0.1) is 0 Å². The van der Waals surface area contributed by atoms with Crippen molar-refractivity contribution < 1.29 is 23.0 Å². The maximum Gasteiger partial charge on any atom is 0.411 e. The predicted molar refractivity (Wildman–Crippen MR) is 109 cm³/mol. The zero-order valence-corrected chi connectivity index (χ0v) is 17.4. The van der Waals surface area contributed by atoms with Gasteiger partial charge in [0, 0.05) is 18.0 Å². The Bertz CT molecular complexity index is 782. The van der Waals surface area contributed by atoms with Crippen molar-refractivity contribution in [3.63, 3.8) is 0 Å². The van der Waals surface area contributed by atoms with E-state index in [1.165, 1.54) is 11.3 Å². The highest BCUT2D eigenvalue weighted by Crippen LogP contribution is 2.26. The van der Waals surface area contributed by atoms with Crippen LogP contribution in [0.1, 0.15) is 29.0 Å². The van der Waals surface area contributed by atoms with Gasteiger partial charge in [0.2, 0.25) is 0 Å². The van der Waals surface area contributed by atoms with E-state index in [9.17, 15) is 18.3 Å². The number of aliphatic imine (C=N–C) groups is 1. The van der Waals surface area contributed by atoms with Crippen molar-refractivity contribution >= 4 is 28.9 Å². The van der Waals surface area contributed by atoms with Crippen molar-refractivity contribution in [2.24, 2.45) is 4.99 Å². The van der Waals surface area contributed by atoms with Crippen molar-refractivity contribution in [3.05, 3.63) is 56.7 Å². The van der Waals surface area contributed by atoms with E-state index in [2.05, 4.69) is 20.4 Å². The molecule has 0 aliphatic heterocycles. The number of hydrogen-bond acceptors (Lipinski definition) is 4. The summed E-state index contributed by atoms with van der Waals surface area (Å²) in [6, 6.07) is 10.5. The molecule has 0 radical (unpaired) electrons. The molecule has 0 bridgehead atoms. The number of benzene rings is 1. The van der Waals surface area contributed by atoms with Crippen LogP contribution >= 0.6 is 22.9 Å². The van der Waals surface area contributed by atoms with Gasteiger partial charge in [-0.05, 0) is 30.2 Å². The Morgan fingerprint density at radius 3 is 2.45 bits per heavy atom. The van der Waals surface area contributed by atoms with Crippen LogP contribution in [0.4, 0.5) is 13.2 Å². The molecule has 1 aromatic heterocycles. The molecule has 0 aliphatic carbocycles. The lowest BCUT2D eigenvalue weighted by Crippen LogP contribution is -2.39. The van der Waals surface area contributed by atoms with Gasteiger partial charge >= 0.3 is 6.18 Å². The fraction of sp³-hybridized carbons (Fsp3) is 0.421. The van der Waals surface area contributed by atoms with E-state index in [1.807, 2.05) is 6.92 Å². The number of thiophene rings is 1. The number of aliphatic hydroxyl groups excluding tert-OH is 1. The third-order valence-electron chi connectivity index (χ3n) is 3.71. The molecule has 0 fully saturated rings. The van der Waals surface area contributed by atoms with E-state index in [4.69, 9.17) is 11.6 Å². The minimum atomic E-state index is -4.33. The second-order valence-electron chi connectivity index (χ2n) is 6.16. The molecule has 2 aromatic rings. The summed E-state index contributed by atoms with van der Waals surface area (Å²) >= 11 is 7.21. The van der Waals surface area contributed by atoms with E-state index in [0.29, 0.717) is 28.9 Å². The third kappa shape index (κ3) is 9.03. The average Bonchev–Trinajstić information content (AvgIpc) is 3.10. The Balaban J connectivity index is 1.85. The quantitative estimate of drug-likeness (QED) is 0.395. The summed E-state index contributed by atoms with van der Waals surface area (Å²) in [5, 5.41) is 16.4. The second kappa shape index (κ2) is 11.4. The molecule has 0 amide bonds. The molecule has 3 N–H and O–H groups in total. The number of rotatable bonds is 9. The molecule has 160 valence electrons. The van der Waals surface area contributed by atoms with Crippen LogP contribution in [0.15, 0.2) is 41.4 Å². The highest BCUT2D eigenvalue weighted by atomic mass is 35.5. The van der Waals surface area contributed by atoms with Crippen LogP contribution in [-0.4, -0.2) is 36.9 Å². The first-order valence-corrected chi connectivity index (χ1v) is 10.1. The predicted octanol–water partition coefficient (Wildman–Crippen LogP) is 4.27. The lowest BCUT2D eigenvalue weighted by atomic mass is 10.1. The summed E-state index contributed by atoms with van der Waals surface area (Å²) in [4.78, 5) is 5.22. The molecule has 29 heavy (non-hydrogen) atoms. The smallest absolute Gasteiger partial charge is 0.386 e. The summed E-state index contributed by atoms with van der Waals surface area (Å²) in [6.45, 7) is 1.88. The number of alkyl halides is 3. The van der Waals surface area contributed by atoms with E-state index >= 15 is 0 Å². The Morgan fingerprint density at radius 2 is 1.86 bits per heavy atom. The Kier molecular flexibility index (Phi) is 9.22. The van der Waals surface area contributed by atoms with E-state index in [0.717, 1.165) is 10.4 Å². The third-order valence-corrected chi connectivity index (χ3v) is 5.04. The summed E-state index contributed by atoms with van der Waals surface area (Å²) in [5.41, 5.74) is 1.55. The molecule has 0 spiro atoms. The van der Waals surface area contributed by atoms with Gasteiger partial charge < -0.3 is 20.5 Å². The van der Waals surface area contributed by atoms with Crippen molar-refractivity contribution in [2.75, 3.05) is 19.7 Å². The molecule has 1 unspecified atom stereocenters. The topological polar surface area (TPSA) is 65.9 Å². The molecule has 1 aromatic carbocycles. The lowest BCUT2D eigenvalue weighted by molar-refractivity contribution is -0.176. The molecule has 0 saturated heterocycles. The first-order chi connectivity index (χ1) is 13.8. The van der Waals surface area contributed by atoms with Crippen LogP contribution in [-0.2, 0) is 17.9 Å². The summed E-state index contributed by atoms with van der Waals surface area (Å²) in [5.74, 6) is 0.548. The normalized spacial score (nSPS) is 13.4. The SMILES string of the molecule is CCNC(=NCc1ccc(COCC(F)(F)F)cc1)NCC(O)c1ccc(Cl)s1. The number of aliphatic hydroxyl groups is 1. The molecule has 1 atom stereocenters. The molecule has 0 aliphatic rings. The Hall–Kier alpha value is -1.81. The summed E-state index contributed by atoms with van der Waals surface area (Å²) < 4.78 is 41.6. The first kappa shape index (κ1) is 23.5. The molecular formula is C19H23ClF3N3O2S. The lowest BCUT2D eigenvalue weighted by Gasteiger charge is -2.14. The van der Waals surface area contributed by atoms with Gasteiger partial charge in [0.1, 0.15) is 12.7 Å². The molecular weight excluding hydrogens is 427 g/mol. The monoisotopic (exact) mass is 449 g/mol. The Labute approximate surface area is 176 Å². The number of halogens is 4. The van der Waals surface area contributed by atoms with E-state index in [-0.39, 0.29) is 13.2 Å². The van der Waals surface area contributed by atoms with Gasteiger partial charge in [-0.15, -0.1) is 11.3 Å². The second-order valence-corrected chi connectivity index (χ2v) is 7.90. The van der Waals surface area contributed by atoms with Gasteiger partial charge in [0.05, 0.1) is 17.5 Å². The van der Waals surface area contributed by atoms with E-state index in [1.54, 1.807) is 36.4 Å².